The van der Waals surface area contributed by atoms with Crippen LogP contribution in [0.4, 0.5) is 0 Å². The van der Waals surface area contributed by atoms with E-state index in [1.165, 1.54) is 0 Å². The minimum absolute atomic E-state index is 0.248. The fraction of sp³-hybridized carbons (Fsp3) is 0.875. The van der Waals surface area contributed by atoms with E-state index in [1.807, 2.05) is 13.8 Å². The maximum absolute atomic E-state index is 8.64. The zero-order valence-corrected chi connectivity index (χ0v) is 6.96. The average molecular weight is 155 g/mol. The zero-order chi connectivity index (χ0) is 8.32. The minimum Gasteiger partial charge on any atom is -0.353 e. The van der Waals surface area contributed by atoms with Crippen molar-refractivity contribution in [2.75, 3.05) is 6.61 Å². The Balaban J connectivity index is 2.25. The summed E-state index contributed by atoms with van der Waals surface area (Å²) in [5.41, 5.74) is -0.505. The summed E-state index contributed by atoms with van der Waals surface area (Å²) in [7, 11) is 0. The van der Waals surface area contributed by atoms with E-state index >= 15 is 0 Å². The number of nitriles is 1. The molecule has 0 N–H and O–H groups in total. The molecule has 0 spiro atoms. The van der Waals surface area contributed by atoms with E-state index in [2.05, 4.69) is 6.07 Å². The Kier molecular flexibility index (Phi) is 2.48. The molecule has 1 aliphatic carbocycles. The van der Waals surface area contributed by atoms with Crippen LogP contribution >= 0.6 is 0 Å². The molecule has 3 nitrogen and oxygen atoms in total. The van der Waals surface area contributed by atoms with E-state index in [0.29, 0.717) is 6.61 Å². The summed E-state index contributed by atoms with van der Waals surface area (Å²) in [6.07, 6.45) is 1.45. The van der Waals surface area contributed by atoms with E-state index in [-0.39, 0.29) is 6.29 Å². The lowest BCUT2D eigenvalue weighted by molar-refractivity contribution is -0.152. The predicted molar refractivity (Wildman–Crippen MR) is 39.8 cm³/mol. The number of rotatable bonds is 4. The predicted octanol–water partition coefficient (Wildman–Crippen LogP) is 1.44. The highest BCUT2D eigenvalue weighted by Crippen LogP contribution is 2.39. The van der Waals surface area contributed by atoms with Gasteiger partial charge in [-0.15, -0.1) is 0 Å². The molecule has 0 bridgehead atoms. The molecule has 0 aliphatic heterocycles. The van der Waals surface area contributed by atoms with E-state index in [0.717, 1.165) is 12.8 Å². The van der Waals surface area contributed by atoms with E-state index in [4.69, 9.17) is 14.7 Å². The highest BCUT2D eigenvalue weighted by Gasteiger charge is 2.46. The summed E-state index contributed by atoms with van der Waals surface area (Å²) in [4.78, 5) is 0. The Hall–Kier alpha value is -0.590. The highest BCUT2D eigenvalue weighted by molar-refractivity contribution is 5.13. The molecule has 0 amide bonds. The van der Waals surface area contributed by atoms with Crippen molar-refractivity contribution in [2.24, 2.45) is 0 Å². The molecule has 1 fully saturated rings. The first-order chi connectivity index (χ1) is 5.22. The number of hydrogen-bond donors (Lipinski definition) is 0. The van der Waals surface area contributed by atoms with Gasteiger partial charge in [0.1, 0.15) is 0 Å². The van der Waals surface area contributed by atoms with Crippen molar-refractivity contribution in [1.82, 2.24) is 0 Å². The summed E-state index contributed by atoms with van der Waals surface area (Å²) in [5, 5.41) is 8.64. The van der Waals surface area contributed by atoms with Crippen LogP contribution in [-0.2, 0) is 9.47 Å². The topological polar surface area (TPSA) is 42.2 Å². The third-order valence-electron chi connectivity index (χ3n) is 1.70. The first-order valence-corrected chi connectivity index (χ1v) is 3.93. The van der Waals surface area contributed by atoms with Crippen LogP contribution in [0.15, 0.2) is 0 Å². The number of hydrogen-bond acceptors (Lipinski definition) is 3. The first kappa shape index (κ1) is 8.51. The van der Waals surface area contributed by atoms with Gasteiger partial charge in [-0.3, -0.25) is 0 Å². The van der Waals surface area contributed by atoms with Gasteiger partial charge in [0.15, 0.2) is 11.9 Å². The third-order valence-corrected chi connectivity index (χ3v) is 1.70. The van der Waals surface area contributed by atoms with Crippen molar-refractivity contribution >= 4 is 0 Å². The quantitative estimate of drug-likeness (QED) is 0.577. The fourth-order valence-corrected chi connectivity index (χ4v) is 0.956. The summed E-state index contributed by atoms with van der Waals surface area (Å²) in [6, 6.07) is 2.14. The van der Waals surface area contributed by atoms with E-state index in [9.17, 15) is 0 Å². The second-order valence-electron chi connectivity index (χ2n) is 2.75. The van der Waals surface area contributed by atoms with Gasteiger partial charge >= 0.3 is 0 Å². The maximum atomic E-state index is 8.64. The molecule has 1 unspecified atom stereocenters. The molecule has 1 rings (SSSR count). The SMILES string of the molecule is CCOC(C)OC1(C#N)CC1. The molecule has 0 aromatic carbocycles. The Morgan fingerprint density at radius 3 is 2.64 bits per heavy atom. The van der Waals surface area contributed by atoms with Crippen LogP contribution in [0, 0.1) is 11.3 Å². The summed E-state index contributed by atoms with van der Waals surface area (Å²) >= 11 is 0. The smallest absolute Gasteiger partial charge is 0.157 e. The molecule has 0 heterocycles. The van der Waals surface area contributed by atoms with Crippen molar-refractivity contribution in [3.63, 3.8) is 0 Å². The minimum atomic E-state index is -0.505. The van der Waals surface area contributed by atoms with Gasteiger partial charge < -0.3 is 9.47 Å². The molecule has 0 saturated heterocycles. The van der Waals surface area contributed by atoms with Gasteiger partial charge in [-0.1, -0.05) is 0 Å². The van der Waals surface area contributed by atoms with Crippen LogP contribution in [0.3, 0.4) is 0 Å². The van der Waals surface area contributed by atoms with Gasteiger partial charge in [-0.05, 0) is 26.7 Å². The van der Waals surface area contributed by atoms with Gasteiger partial charge in [0.05, 0.1) is 6.07 Å². The molecule has 11 heavy (non-hydrogen) atoms. The van der Waals surface area contributed by atoms with Crippen LogP contribution in [0.1, 0.15) is 26.7 Å². The zero-order valence-electron chi connectivity index (χ0n) is 6.96. The van der Waals surface area contributed by atoms with Gasteiger partial charge in [0, 0.05) is 6.61 Å². The molecule has 1 saturated carbocycles. The molecular formula is C8H13NO2. The van der Waals surface area contributed by atoms with Crippen molar-refractivity contribution in [3.05, 3.63) is 0 Å². The van der Waals surface area contributed by atoms with Crippen molar-refractivity contribution in [2.45, 2.75) is 38.6 Å². The summed E-state index contributed by atoms with van der Waals surface area (Å²) < 4.78 is 10.5. The standard InChI is InChI=1S/C8H13NO2/c1-3-10-7(2)11-8(6-9)4-5-8/h7H,3-5H2,1-2H3. The Labute approximate surface area is 66.9 Å². The van der Waals surface area contributed by atoms with Crippen LogP contribution < -0.4 is 0 Å². The van der Waals surface area contributed by atoms with Gasteiger partial charge in [0.25, 0.3) is 0 Å². The van der Waals surface area contributed by atoms with Crippen LogP contribution in [0.5, 0.6) is 0 Å². The molecule has 1 aliphatic rings. The monoisotopic (exact) mass is 155 g/mol. The third kappa shape index (κ3) is 2.18. The lowest BCUT2D eigenvalue weighted by Gasteiger charge is -2.15. The van der Waals surface area contributed by atoms with E-state index < -0.39 is 5.60 Å². The molecule has 1 atom stereocenters. The normalized spacial score (nSPS) is 22.3. The molecule has 0 aromatic heterocycles. The Morgan fingerprint density at radius 1 is 1.64 bits per heavy atom. The Morgan fingerprint density at radius 2 is 2.27 bits per heavy atom. The average Bonchev–Trinajstić information content (AvgIpc) is 2.70. The molecule has 3 heteroatoms. The molecule has 62 valence electrons. The largest absolute Gasteiger partial charge is 0.353 e. The lowest BCUT2D eigenvalue weighted by atomic mass is 10.4. The molecule has 0 radical (unpaired) electrons. The Bertz CT molecular complexity index is 169. The molecular weight excluding hydrogens is 142 g/mol. The second kappa shape index (κ2) is 3.21. The number of nitrogens with zero attached hydrogens (tertiary/aromatic N) is 1. The van der Waals surface area contributed by atoms with E-state index in [1.54, 1.807) is 0 Å². The maximum Gasteiger partial charge on any atom is 0.157 e. The second-order valence-corrected chi connectivity index (χ2v) is 2.75. The fourth-order valence-electron chi connectivity index (χ4n) is 0.956. The van der Waals surface area contributed by atoms with Crippen molar-refractivity contribution in [3.8, 4) is 6.07 Å². The van der Waals surface area contributed by atoms with Crippen molar-refractivity contribution < 1.29 is 9.47 Å². The molecule has 0 aromatic rings. The number of ether oxygens (including phenoxy) is 2. The summed E-state index contributed by atoms with van der Waals surface area (Å²) in [5.74, 6) is 0. The summed E-state index contributed by atoms with van der Waals surface area (Å²) in [6.45, 7) is 4.36. The van der Waals surface area contributed by atoms with Crippen LogP contribution in [0.25, 0.3) is 0 Å². The van der Waals surface area contributed by atoms with Crippen LogP contribution in [-0.4, -0.2) is 18.5 Å². The van der Waals surface area contributed by atoms with Gasteiger partial charge in [-0.25, -0.2) is 0 Å². The van der Waals surface area contributed by atoms with Crippen molar-refractivity contribution in [1.29, 1.82) is 5.26 Å². The lowest BCUT2D eigenvalue weighted by Crippen LogP contribution is -2.22. The van der Waals surface area contributed by atoms with Crippen LogP contribution in [0.2, 0.25) is 0 Å². The van der Waals surface area contributed by atoms with Gasteiger partial charge in [0.2, 0.25) is 0 Å². The first-order valence-electron chi connectivity index (χ1n) is 3.93. The highest BCUT2D eigenvalue weighted by atomic mass is 16.7. The van der Waals surface area contributed by atoms with Gasteiger partial charge in [-0.2, -0.15) is 5.26 Å².